The summed E-state index contributed by atoms with van der Waals surface area (Å²) in [5.41, 5.74) is 0.939. The quantitative estimate of drug-likeness (QED) is 0.893. The van der Waals surface area contributed by atoms with Crippen LogP contribution in [0.3, 0.4) is 0 Å². The van der Waals surface area contributed by atoms with Crippen LogP contribution < -0.4 is 15.5 Å². The molecule has 2 amide bonds. The fraction of sp³-hybridized carbons (Fsp3) is 0.389. The van der Waals surface area contributed by atoms with E-state index in [1.165, 1.54) is 0 Å². The number of nitrogens with one attached hydrogen (secondary N) is 2. The molecule has 0 saturated carbocycles. The Morgan fingerprint density at radius 2 is 2.00 bits per heavy atom. The molecule has 1 fully saturated rings. The van der Waals surface area contributed by atoms with E-state index in [2.05, 4.69) is 39.3 Å². The molecule has 0 aromatic carbocycles. The van der Waals surface area contributed by atoms with Gasteiger partial charge in [0.1, 0.15) is 11.6 Å². The van der Waals surface area contributed by atoms with Crippen LogP contribution in [0.25, 0.3) is 0 Å². The second-order valence-corrected chi connectivity index (χ2v) is 6.21. The minimum atomic E-state index is -0.293. The number of rotatable bonds is 4. The van der Waals surface area contributed by atoms with Gasteiger partial charge in [-0.05, 0) is 37.6 Å². The fourth-order valence-electron chi connectivity index (χ4n) is 2.85. The summed E-state index contributed by atoms with van der Waals surface area (Å²) in [4.78, 5) is 22.7. The maximum Gasteiger partial charge on any atom is 0.320 e. The van der Waals surface area contributed by atoms with Crippen molar-refractivity contribution in [1.29, 1.82) is 0 Å². The largest absolute Gasteiger partial charge is 0.372 e. The summed E-state index contributed by atoms with van der Waals surface area (Å²) in [5, 5.41) is 5.48. The van der Waals surface area contributed by atoms with Crippen molar-refractivity contribution < 1.29 is 9.53 Å². The van der Waals surface area contributed by atoms with Crippen LogP contribution in [0.15, 0.2) is 42.7 Å². The molecule has 1 aliphatic rings. The number of carbonyl (C=O) groups is 1. The van der Waals surface area contributed by atoms with Crippen molar-refractivity contribution >= 4 is 17.7 Å². The summed E-state index contributed by atoms with van der Waals surface area (Å²) in [6.07, 6.45) is 3.82. The van der Waals surface area contributed by atoms with Crippen molar-refractivity contribution in [3.8, 4) is 0 Å². The zero-order chi connectivity index (χ0) is 17.6. The van der Waals surface area contributed by atoms with Gasteiger partial charge in [0, 0.05) is 32.0 Å². The molecule has 25 heavy (non-hydrogen) atoms. The highest BCUT2D eigenvalue weighted by Crippen LogP contribution is 2.18. The minimum absolute atomic E-state index is 0.196. The van der Waals surface area contributed by atoms with Gasteiger partial charge in [-0.3, -0.25) is 5.32 Å². The zero-order valence-corrected chi connectivity index (χ0v) is 14.5. The Hall–Kier alpha value is -2.67. The number of carbonyl (C=O) groups excluding carboxylic acids is 1. The minimum Gasteiger partial charge on any atom is -0.372 e. The van der Waals surface area contributed by atoms with Crippen LogP contribution in [-0.2, 0) is 11.3 Å². The van der Waals surface area contributed by atoms with Gasteiger partial charge in [-0.1, -0.05) is 12.1 Å². The molecule has 0 bridgehead atoms. The zero-order valence-electron chi connectivity index (χ0n) is 14.5. The lowest BCUT2D eigenvalue weighted by Gasteiger charge is -2.36. The Kier molecular flexibility index (Phi) is 5.45. The van der Waals surface area contributed by atoms with Crippen LogP contribution in [0, 0.1) is 0 Å². The third kappa shape index (κ3) is 4.90. The summed E-state index contributed by atoms with van der Waals surface area (Å²) in [6, 6.07) is 9.02. The standard InChI is InChI=1S/C18H23N5O2/c1-13-11-23(12-14(2)25-13)17-7-6-15(9-20-17)10-21-18(24)22-16-5-3-4-8-19-16/h3-9,13-14H,10-12H2,1-2H3,(H2,19,21,22,24)/t13-,14-/m0/s1. The number of pyridine rings is 2. The van der Waals surface area contributed by atoms with Crippen molar-refractivity contribution in [2.75, 3.05) is 23.3 Å². The lowest BCUT2D eigenvalue weighted by atomic mass is 10.2. The SMILES string of the molecule is C[C@H]1CN(c2ccc(CNC(=O)Nc3ccccn3)cn2)C[C@H](C)O1. The monoisotopic (exact) mass is 341 g/mol. The van der Waals surface area contributed by atoms with Crippen molar-refractivity contribution in [2.24, 2.45) is 0 Å². The molecule has 2 N–H and O–H groups in total. The van der Waals surface area contributed by atoms with E-state index in [4.69, 9.17) is 4.74 Å². The highest BCUT2D eigenvalue weighted by molar-refractivity contribution is 5.88. The van der Waals surface area contributed by atoms with E-state index in [9.17, 15) is 4.79 Å². The lowest BCUT2D eigenvalue weighted by molar-refractivity contribution is -0.00546. The van der Waals surface area contributed by atoms with Crippen molar-refractivity contribution in [3.63, 3.8) is 0 Å². The number of amides is 2. The molecule has 132 valence electrons. The van der Waals surface area contributed by atoms with E-state index in [1.807, 2.05) is 18.2 Å². The first-order valence-corrected chi connectivity index (χ1v) is 8.41. The number of ether oxygens (including phenoxy) is 1. The Morgan fingerprint density at radius 3 is 2.64 bits per heavy atom. The van der Waals surface area contributed by atoms with Gasteiger partial charge in [0.15, 0.2) is 0 Å². The lowest BCUT2D eigenvalue weighted by Crippen LogP contribution is -2.45. The highest BCUT2D eigenvalue weighted by atomic mass is 16.5. The first-order chi connectivity index (χ1) is 12.1. The van der Waals surface area contributed by atoms with E-state index < -0.39 is 0 Å². The summed E-state index contributed by atoms with van der Waals surface area (Å²) in [6.45, 7) is 6.22. The maximum absolute atomic E-state index is 11.9. The van der Waals surface area contributed by atoms with Crippen LogP contribution in [-0.4, -0.2) is 41.3 Å². The molecule has 2 atom stereocenters. The maximum atomic E-state index is 11.9. The highest BCUT2D eigenvalue weighted by Gasteiger charge is 2.22. The second-order valence-electron chi connectivity index (χ2n) is 6.21. The number of urea groups is 1. The Bertz CT molecular complexity index is 682. The van der Waals surface area contributed by atoms with Gasteiger partial charge in [-0.15, -0.1) is 0 Å². The van der Waals surface area contributed by atoms with Crippen LogP contribution in [0.2, 0.25) is 0 Å². The number of anilines is 2. The van der Waals surface area contributed by atoms with Gasteiger partial charge in [-0.25, -0.2) is 14.8 Å². The van der Waals surface area contributed by atoms with Gasteiger partial charge in [0.25, 0.3) is 0 Å². The van der Waals surface area contributed by atoms with Gasteiger partial charge in [0.2, 0.25) is 0 Å². The molecule has 1 aliphatic heterocycles. The third-order valence-electron chi connectivity index (χ3n) is 3.91. The molecular weight excluding hydrogens is 318 g/mol. The predicted molar refractivity (Wildman–Crippen MR) is 96.6 cm³/mol. The van der Waals surface area contributed by atoms with E-state index in [0.717, 1.165) is 24.5 Å². The molecule has 2 aromatic heterocycles. The molecule has 2 aromatic rings. The Balaban J connectivity index is 1.51. The van der Waals surface area contributed by atoms with E-state index in [0.29, 0.717) is 12.4 Å². The van der Waals surface area contributed by atoms with Crippen LogP contribution >= 0.6 is 0 Å². The molecule has 0 spiro atoms. The van der Waals surface area contributed by atoms with Gasteiger partial charge < -0.3 is 15.0 Å². The van der Waals surface area contributed by atoms with Crippen molar-refractivity contribution in [1.82, 2.24) is 15.3 Å². The topological polar surface area (TPSA) is 79.4 Å². The van der Waals surface area contributed by atoms with E-state index >= 15 is 0 Å². The molecule has 0 radical (unpaired) electrons. The number of aromatic nitrogens is 2. The molecule has 7 heteroatoms. The first kappa shape index (κ1) is 17.2. The van der Waals surface area contributed by atoms with Crippen LogP contribution in [0.1, 0.15) is 19.4 Å². The first-order valence-electron chi connectivity index (χ1n) is 8.41. The number of hydrogen-bond donors (Lipinski definition) is 2. The second kappa shape index (κ2) is 7.94. The molecular formula is C18H23N5O2. The normalized spacial score (nSPS) is 20.2. The summed E-state index contributed by atoms with van der Waals surface area (Å²) in [5.74, 6) is 1.45. The third-order valence-corrected chi connectivity index (χ3v) is 3.91. The summed E-state index contributed by atoms with van der Waals surface area (Å²) < 4.78 is 5.75. The number of nitrogens with zero attached hydrogens (tertiary/aromatic N) is 3. The molecule has 3 heterocycles. The predicted octanol–water partition coefficient (Wildman–Crippen LogP) is 2.41. The smallest absolute Gasteiger partial charge is 0.320 e. The van der Waals surface area contributed by atoms with Crippen LogP contribution in [0.4, 0.5) is 16.4 Å². The number of morpholine rings is 1. The summed E-state index contributed by atoms with van der Waals surface area (Å²) in [7, 11) is 0. The Morgan fingerprint density at radius 1 is 1.20 bits per heavy atom. The average molecular weight is 341 g/mol. The average Bonchev–Trinajstić information content (AvgIpc) is 2.60. The van der Waals surface area contributed by atoms with Crippen molar-refractivity contribution in [2.45, 2.75) is 32.6 Å². The van der Waals surface area contributed by atoms with Crippen LogP contribution in [0.5, 0.6) is 0 Å². The van der Waals surface area contributed by atoms with Gasteiger partial charge in [-0.2, -0.15) is 0 Å². The van der Waals surface area contributed by atoms with Gasteiger partial charge >= 0.3 is 6.03 Å². The fourth-order valence-corrected chi connectivity index (χ4v) is 2.85. The van der Waals surface area contributed by atoms with E-state index in [1.54, 1.807) is 24.5 Å². The molecule has 0 aliphatic carbocycles. The Labute approximate surface area is 147 Å². The van der Waals surface area contributed by atoms with E-state index in [-0.39, 0.29) is 18.2 Å². The van der Waals surface area contributed by atoms with Crippen molar-refractivity contribution in [3.05, 3.63) is 48.3 Å². The molecule has 1 saturated heterocycles. The number of hydrogen-bond acceptors (Lipinski definition) is 5. The molecule has 3 rings (SSSR count). The van der Waals surface area contributed by atoms with Gasteiger partial charge in [0.05, 0.1) is 12.2 Å². The summed E-state index contributed by atoms with van der Waals surface area (Å²) >= 11 is 0. The molecule has 0 unspecified atom stereocenters. The molecule has 7 nitrogen and oxygen atoms in total.